The third kappa shape index (κ3) is 6.76. The van der Waals surface area contributed by atoms with Gasteiger partial charge in [0.15, 0.2) is 0 Å². The summed E-state index contributed by atoms with van der Waals surface area (Å²) < 4.78 is 27.4. The lowest BCUT2D eigenvalue weighted by molar-refractivity contribution is -0.122. The van der Waals surface area contributed by atoms with Crippen molar-refractivity contribution in [2.75, 3.05) is 0 Å². The average molecular weight is 638 g/mol. The Kier molecular flexibility index (Phi) is 9.91. The Morgan fingerprint density at radius 1 is 0.727 bits per heavy atom. The minimum Gasteiger partial charge on any atom is -0.349 e. The molecule has 10 heteroatoms. The highest BCUT2D eigenvalue weighted by Crippen LogP contribution is 2.39. The van der Waals surface area contributed by atoms with Crippen LogP contribution >= 0.6 is 23.2 Å². The van der Waals surface area contributed by atoms with E-state index >= 15 is 0 Å². The van der Waals surface area contributed by atoms with Gasteiger partial charge >= 0.3 is 0 Å². The number of nitrogens with zero attached hydrogens (tertiary/aromatic N) is 2. The number of hydrogen-bond donors (Lipinski definition) is 2. The largest absolute Gasteiger partial charge is 0.349 e. The molecule has 0 saturated heterocycles. The lowest BCUT2D eigenvalue weighted by Crippen LogP contribution is -2.26. The van der Waals surface area contributed by atoms with Crippen molar-refractivity contribution in [2.45, 2.75) is 64.5 Å². The monoisotopic (exact) mass is 636 g/mol. The van der Waals surface area contributed by atoms with Crippen LogP contribution in [0.25, 0.3) is 22.3 Å². The van der Waals surface area contributed by atoms with Crippen LogP contribution in [0.15, 0.2) is 61.2 Å². The highest BCUT2D eigenvalue weighted by Gasteiger charge is 2.28. The third-order valence-corrected chi connectivity index (χ3v) is 8.69. The Bertz CT molecular complexity index is 1590. The minimum atomic E-state index is -0.439. The number of amides is 2. The molecule has 0 saturated carbocycles. The van der Waals surface area contributed by atoms with Crippen LogP contribution in [0.3, 0.4) is 0 Å². The number of aromatic nitrogens is 2. The Morgan fingerprint density at radius 3 is 1.50 bits per heavy atom. The number of nitrogens with one attached hydrogen (secondary N) is 2. The zero-order valence-electron chi connectivity index (χ0n) is 24.4. The fraction of sp³-hybridized carbons (Fsp3) is 0.294. The highest BCUT2D eigenvalue weighted by atomic mass is 35.5. The van der Waals surface area contributed by atoms with Gasteiger partial charge in [-0.1, -0.05) is 49.2 Å². The summed E-state index contributed by atoms with van der Waals surface area (Å²) in [4.78, 5) is 31.8. The smallest absolute Gasteiger partial charge is 0.220 e. The van der Waals surface area contributed by atoms with Gasteiger partial charge in [0.1, 0.15) is 11.6 Å². The van der Waals surface area contributed by atoms with E-state index in [1.54, 1.807) is 49.1 Å². The maximum atomic E-state index is 13.7. The molecule has 2 heterocycles. The molecule has 2 amide bonds. The van der Waals surface area contributed by atoms with Crippen LogP contribution in [0.4, 0.5) is 8.78 Å². The molecule has 2 atom stereocenters. The van der Waals surface area contributed by atoms with E-state index in [2.05, 4.69) is 20.6 Å². The van der Waals surface area contributed by atoms with Gasteiger partial charge in [-0.15, -0.1) is 0 Å². The molecule has 0 spiro atoms. The standard InChI is InChI=1S/2C17H16ClFN2O/c2*1-2-17(22)21-16-6-4-11-12(8-20-9-13(11)16)10-3-5-14(18)15(19)7-10/h2*3,5,7-9,16H,2,4,6H2,1H3,(H,21,22). The molecule has 0 aliphatic heterocycles. The Hall–Kier alpha value is -3.88. The summed E-state index contributed by atoms with van der Waals surface area (Å²) >= 11 is 11.5. The molecule has 2 unspecified atom stereocenters. The Labute approximate surface area is 265 Å². The summed E-state index contributed by atoms with van der Waals surface area (Å²) in [5, 5.41) is 6.24. The van der Waals surface area contributed by atoms with E-state index in [-0.39, 0.29) is 33.9 Å². The molecule has 0 fully saturated rings. The quantitative estimate of drug-likeness (QED) is 0.224. The van der Waals surface area contributed by atoms with Crippen LogP contribution < -0.4 is 10.6 Å². The molecule has 2 N–H and O–H groups in total. The lowest BCUT2D eigenvalue weighted by atomic mass is 9.99. The van der Waals surface area contributed by atoms with Crippen molar-refractivity contribution in [1.29, 1.82) is 0 Å². The predicted octanol–water partition coefficient (Wildman–Crippen LogP) is 8.11. The van der Waals surface area contributed by atoms with Gasteiger partial charge in [-0.05, 0) is 83.3 Å². The van der Waals surface area contributed by atoms with Gasteiger partial charge in [-0.25, -0.2) is 8.78 Å². The van der Waals surface area contributed by atoms with Gasteiger partial charge in [-0.2, -0.15) is 0 Å². The summed E-state index contributed by atoms with van der Waals surface area (Å²) in [7, 11) is 0. The minimum absolute atomic E-state index is 0.00736. The summed E-state index contributed by atoms with van der Waals surface area (Å²) in [5.74, 6) is -0.821. The van der Waals surface area contributed by atoms with Crippen molar-refractivity contribution in [3.63, 3.8) is 0 Å². The van der Waals surface area contributed by atoms with Crippen LogP contribution in [0.1, 0.15) is 73.9 Å². The van der Waals surface area contributed by atoms with Gasteiger partial charge in [0.2, 0.25) is 11.8 Å². The first-order valence-electron chi connectivity index (χ1n) is 14.6. The molecule has 44 heavy (non-hydrogen) atoms. The van der Waals surface area contributed by atoms with E-state index < -0.39 is 11.6 Å². The molecule has 228 valence electrons. The first kappa shape index (κ1) is 31.5. The zero-order chi connectivity index (χ0) is 31.4. The second kappa shape index (κ2) is 13.8. The van der Waals surface area contributed by atoms with E-state index in [0.29, 0.717) is 12.8 Å². The molecule has 2 aliphatic rings. The molecule has 6 nitrogen and oxygen atoms in total. The fourth-order valence-electron chi connectivity index (χ4n) is 5.77. The molecular weight excluding hydrogens is 605 g/mol. The second-order valence-corrected chi connectivity index (χ2v) is 11.6. The van der Waals surface area contributed by atoms with Gasteiger partial charge < -0.3 is 10.6 Å². The normalized spacial score (nSPS) is 16.4. The van der Waals surface area contributed by atoms with Crippen LogP contribution in [-0.2, 0) is 22.4 Å². The summed E-state index contributed by atoms with van der Waals surface area (Å²) in [6.45, 7) is 3.66. The van der Waals surface area contributed by atoms with Crippen molar-refractivity contribution in [2.24, 2.45) is 0 Å². The number of hydrogen-bond acceptors (Lipinski definition) is 4. The van der Waals surface area contributed by atoms with Crippen molar-refractivity contribution >= 4 is 35.0 Å². The topological polar surface area (TPSA) is 84.0 Å². The number of carbonyl (C=O) groups excluding carboxylic acids is 2. The van der Waals surface area contributed by atoms with Crippen LogP contribution in [-0.4, -0.2) is 21.8 Å². The van der Waals surface area contributed by atoms with Crippen molar-refractivity contribution in [3.8, 4) is 22.3 Å². The van der Waals surface area contributed by atoms with E-state index in [1.807, 2.05) is 13.8 Å². The van der Waals surface area contributed by atoms with E-state index in [4.69, 9.17) is 23.2 Å². The molecule has 0 bridgehead atoms. The number of halogens is 4. The molecule has 6 rings (SSSR count). The van der Waals surface area contributed by atoms with Gasteiger partial charge in [0, 0.05) is 48.8 Å². The Balaban J connectivity index is 0.000000175. The average Bonchev–Trinajstić information content (AvgIpc) is 3.64. The van der Waals surface area contributed by atoms with Gasteiger partial charge in [0.05, 0.1) is 22.1 Å². The van der Waals surface area contributed by atoms with Crippen LogP contribution in [0.5, 0.6) is 0 Å². The molecule has 4 aromatic rings. The maximum Gasteiger partial charge on any atom is 0.220 e. The number of fused-ring (bicyclic) bond motifs is 2. The molecule has 0 radical (unpaired) electrons. The van der Waals surface area contributed by atoms with Crippen LogP contribution in [0, 0.1) is 11.6 Å². The summed E-state index contributed by atoms with van der Waals surface area (Å²) in [5.41, 5.74) is 7.62. The molecule has 2 aromatic carbocycles. The van der Waals surface area contributed by atoms with Gasteiger partial charge in [-0.3, -0.25) is 19.6 Å². The molecular formula is C34H32Cl2F2N4O2. The SMILES string of the molecule is CCC(=O)NC1CCc2c(-c3ccc(Cl)c(F)c3)cncc21.CCC(=O)NC1CCc2c(-c3ccc(Cl)c(F)c3)cncc21. The van der Waals surface area contributed by atoms with E-state index in [0.717, 1.165) is 70.2 Å². The van der Waals surface area contributed by atoms with Crippen molar-refractivity contribution < 1.29 is 18.4 Å². The van der Waals surface area contributed by atoms with Crippen molar-refractivity contribution in [1.82, 2.24) is 20.6 Å². The third-order valence-electron chi connectivity index (χ3n) is 8.07. The van der Waals surface area contributed by atoms with Gasteiger partial charge in [0.25, 0.3) is 0 Å². The highest BCUT2D eigenvalue weighted by molar-refractivity contribution is 6.31. The number of pyridine rings is 2. The van der Waals surface area contributed by atoms with E-state index in [1.165, 1.54) is 12.1 Å². The molecule has 2 aliphatic carbocycles. The summed E-state index contributed by atoms with van der Waals surface area (Å²) in [6, 6.07) is 9.53. The maximum absolute atomic E-state index is 13.7. The first-order valence-corrected chi connectivity index (χ1v) is 15.4. The lowest BCUT2D eigenvalue weighted by Gasteiger charge is -2.14. The summed E-state index contributed by atoms with van der Waals surface area (Å²) in [6.07, 6.45) is 11.3. The predicted molar refractivity (Wildman–Crippen MR) is 168 cm³/mol. The fourth-order valence-corrected chi connectivity index (χ4v) is 6.01. The number of benzene rings is 2. The van der Waals surface area contributed by atoms with Crippen LogP contribution in [0.2, 0.25) is 10.0 Å². The zero-order valence-corrected chi connectivity index (χ0v) is 25.9. The second-order valence-electron chi connectivity index (χ2n) is 10.8. The Morgan fingerprint density at radius 2 is 1.14 bits per heavy atom. The van der Waals surface area contributed by atoms with Crippen molar-refractivity contribution in [3.05, 3.63) is 105 Å². The van der Waals surface area contributed by atoms with E-state index in [9.17, 15) is 18.4 Å². The number of carbonyl (C=O) groups is 2. The first-order chi connectivity index (χ1) is 21.2. The molecule has 2 aromatic heterocycles. The number of rotatable bonds is 6.